The summed E-state index contributed by atoms with van der Waals surface area (Å²) in [6, 6.07) is 8.43. The number of piperidine rings is 1. The monoisotopic (exact) mass is 274 g/mol. The van der Waals surface area contributed by atoms with Gasteiger partial charge in [-0.2, -0.15) is 0 Å². The van der Waals surface area contributed by atoms with Crippen molar-refractivity contribution >= 4 is 5.91 Å². The third-order valence-electron chi connectivity index (χ3n) is 4.19. The second-order valence-electron chi connectivity index (χ2n) is 6.04. The highest BCUT2D eigenvalue weighted by atomic mass is 16.1. The Kier molecular flexibility index (Phi) is 5.60. The van der Waals surface area contributed by atoms with Crippen molar-refractivity contribution in [2.24, 2.45) is 5.92 Å². The van der Waals surface area contributed by atoms with Crippen molar-refractivity contribution in [1.29, 1.82) is 0 Å². The number of likely N-dealkylation sites (tertiary alicyclic amines) is 1. The average Bonchev–Trinajstić information content (AvgIpc) is 2.46. The number of amides is 1. The minimum absolute atomic E-state index is 0.185. The molecule has 0 radical (unpaired) electrons. The Bertz CT molecular complexity index is 419. The maximum absolute atomic E-state index is 11.9. The molecule has 0 unspecified atom stereocenters. The van der Waals surface area contributed by atoms with Crippen LogP contribution in [0.25, 0.3) is 0 Å². The molecule has 1 aliphatic heterocycles. The maximum Gasteiger partial charge on any atom is 0.220 e. The standard InChI is InChI=1S/C17H26N2O/c1-14-3-5-15(6-4-14)7-8-17(20)18-13-16-9-11-19(2)12-10-16/h3-6,16H,7-13H2,1-2H3,(H,18,20). The summed E-state index contributed by atoms with van der Waals surface area (Å²) in [6.07, 6.45) is 3.83. The van der Waals surface area contributed by atoms with Crippen LogP contribution in [0.15, 0.2) is 24.3 Å². The van der Waals surface area contributed by atoms with E-state index >= 15 is 0 Å². The highest BCUT2D eigenvalue weighted by Gasteiger charge is 2.16. The predicted octanol–water partition coefficient (Wildman–Crippen LogP) is 2.39. The van der Waals surface area contributed by atoms with Gasteiger partial charge in [0, 0.05) is 13.0 Å². The van der Waals surface area contributed by atoms with E-state index in [2.05, 4.69) is 48.5 Å². The molecule has 1 N–H and O–H groups in total. The van der Waals surface area contributed by atoms with Crippen LogP contribution < -0.4 is 5.32 Å². The molecule has 1 amide bonds. The van der Waals surface area contributed by atoms with E-state index in [1.54, 1.807) is 0 Å². The molecular formula is C17H26N2O. The molecule has 0 bridgehead atoms. The molecule has 0 aliphatic carbocycles. The van der Waals surface area contributed by atoms with Crippen LogP contribution >= 0.6 is 0 Å². The Labute approximate surface area is 122 Å². The highest BCUT2D eigenvalue weighted by molar-refractivity contribution is 5.76. The number of carbonyl (C=O) groups is 1. The quantitative estimate of drug-likeness (QED) is 0.894. The van der Waals surface area contributed by atoms with Crippen LogP contribution in [0.5, 0.6) is 0 Å². The molecule has 1 heterocycles. The number of nitrogens with zero attached hydrogens (tertiary/aromatic N) is 1. The number of hydrogen-bond acceptors (Lipinski definition) is 2. The molecule has 110 valence electrons. The van der Waals surface area contributed by atoms with Crippen LogP contribution in [0, 0.1) is 12.8 Å². The van der Waals surface area contributed by atoms with E-state index in [-0.39, 0.29) is 5.91 Å². The van der Waals surface area contributed by atoms with Gasteiger partial charge < -0.3 is 10.2 Å². The first-order chi connectivity index (χ1) is 9.63. The van der Waals surface area contributed by atoms with Gasteiger partial charge in [0.25, 0.3) is 0 Å². The number of benzene rings is 1. The van der Waals surface area contributed by atoms with Crippen LogP contribution in [-0.2, 0) is 11.2 Å². The summed E-state index contributed by atoms with van der Waals surface area (Å²) in [4.78, 5) is 14.2. The summed E-state index contributed by atoms with van der Waals surface area (Å²) in [6.45, 7) is 5.24. The summed E-state index contributed by atoms with van der Waals surface area (Å²) < 4.78 is 0. The van der Waals surface area contributed by atoms with Crippen molar-refractivity contribution < 1.29 is 4.79 Å². The zero-order valence-corrected chi connectivity index (χ0v) is 12.7. The highest BCUT2D eigenvalue weighted by Crippen LogP contribution is 2.14. The fourth-order valence-electron chi connectivity index (χ4n) is 2.63. The normalized spacial score (nSPS) is 17.1. The summed E-state index contributed by atoms with van der Waals surface area (Å²) >= 11 is 0. The van der Waals surface area contributed by atoms with Gasteiger partial charge in [-0.05, 0) is 57.8 Å². The number of aryl methyl sites for hydroxylation is 2. The van der Waals surface area contributed by atoms with Crippen LogP contribution in [-0.4, -0.2) is 37.5 Å². The van der Waals surface area contributed by atoms with Crippen molar-refractivity contribution in [3.63, 3.8) is 0 Å². The number of nitrogens with one attached hydrogen (secondary N) is 1. The molecular weight excluding hydrogens is 248 g/mol. The average molecular weight is 274 g/mol. The summed E-state index contributed by atoms with van der Waals surface area (Å²) in [5, 5.41) is 3.09. The van der Waals surface area contributed by atoms with Crippen LogP contribution in [0.1, 0.15) is 30.4 Å². The second kappa shape index (κ2) is 7.44. The minimum Gasteiger partial charge on any atom is -0.356 e. The molecule has 0 aromatic heterocycles. The Balaban J connectivity index is 1.64. The van der Waals surface area contributed by atoms with Crippen molar-refractivity contribution in [3.05, 3.63) is 35.4 Å². The number of hydrogen-bond donors (Lipinski definition) is 1. The van der Waals surface area contributed by atoms with E-state index in [4.69, 9.17) is 0 Å². The first-order valence-corrected chi connectivity index (χ1v) is 7.64. The lowest BCUT2D eigenvalue weighted by Gasteiger charge is -2.28. The van der Waals surface area contributed by atoms with Crippen molar-refractivity contribution in [3.8, 4) is 0 Å². The molecule has 3 heteroatoms. The maximum atomic E-state index is 11.9. The fraction of sp³-hybridized carbons (Fsp3) is 0.588. The van der Waals surface area contributed by atoms with Crippen LogP contribution in [0.3, 0.4) is 0 Å². The van der Waals surface area contributed by atoms with Crippen molar-refractivity contribution in [1.82, 2.24) is 10.2 Å². The molecule has 2 rings (SSSR count). The smallest absolute Gasteiger partial charge is 0.220 e. The summed E-state index contributed by atoms with van der Waals surface area (Å²) in [5.74, 6) is 0.846. The van der Waals surface area contributed by atoms with Crippen molar-refractivity contribution in [2.45, 2.75) is 32.6 Å². The summed E-state index contributed by atoms with van der Waals surface area (Å²) in [7, 11) is 2.16. The van der Waals surface area contributed by atoms with Crippen LogP contribution in [0.2, 0.25) is 0 Å². The molecule has 1 aromatic rings. The minimum atomic E-state index is 0.185. The molecule has 0 atom stereocenters. The van der Waals surface area contributed by atoms with E-state index in [0.717, 1.165) is 26.1 Å². The van der Waals surface area contributed by atoms with Gasteiger partial charge in [0.1, 0.15) is 0 Å². The zero-order valence-electron chi connectivity index (χ0n) is 12.7. The fourth-order valence-corrected chi connectivity index (χ4v) is 2.63. The Morgan fingerprint density at radius 2 is 1.90 bits per heavy atom. The number of rotatable bonds is 5. The molecule has 1 saturated heterocycles. The Morgan fingerprint density at radius 1 is 1.25 bits per heavy atom. The molecule has 0 saturated carbocycles. The van der Waals surface area contributed by atoms with Crippen LogP contribution in [0.4, 0.5) is 0 Å². The van der Waals surface area contributed by atoms with Gasteiger partial charge in [0.15, 0.2) is 0 Å². The van der Waals surface area contributed by atoms with Gasteiger partial charge in [0.2, 0.25) is 5.91 Å². The molecule has 1 fully saturated rings. The summed E-state index contributed by atoms with van der Waals surface area (Å²) in [5.41, 5.74) is 2.51. The Morgan fingerprint density at radius 3 is 2.55 bits per heavy atom. The largest absolute Gasteiger partial charge is 0.356 e. The first-order valence-electron chi connectivity index (χ1n) is 7.64. The third kappa shape index (κ3) is 4.97. The van der Waals surface area contributed by atoms with Gasteiger partial charge in [-0.1, -0.05) is 29.8 Å². The lowest BCUT2D eigenvalue weighted by atomic mass is 9.97. The van der Waals surface area contributed by atoms with E-state index in [9.17, 15) is 4.79 Å². The SMILES string of the molecule is Cc1ccc(CCC(=O)NCC2CCN(C)CC2)cc1. The molecule has 1 aromatic carbocycles. The van der Waals surface area contributed by atoms with Gasteiger partial charge in [0.05, 0.1) is 0 Å². The van der Waals surface area contributed by atoms with E-state index in [1.807, 2.05) is 0 Å². The van der Waals surface area contributed by atoms with Gasteiger partial charge in [-0.15, -0.1) is 0 Å². The van der Waals surface area contributed by atoms with Gasteiger partial charge in [-0.25, -0.2) is 0 Å². The molecule has 1 aliphatic rings. The molecule has 0 spiro atoms. The number of carbonyl (C=O) groups excluding carboxylic acids is 1. The van der Waals surface area contributed by atoms with E-state index < -0.39 is 0 Å². The molecule has 20 heavy (non-hydrogen) atoms. The lowest BCUT2D eigenvalue weighted by Crippen LogP contribution is -2.36. The van der Waals surface area contributed by atoms with Crippen molar-refractivity contribution in [2.75, 3.05) is 26.7 Å². The molecule has 3 nitrogen and oxygen atoms in total. The topological polar surface area (TPSA) is 32.3 Å². The zero-order chi connectivity index (χ0) is 14.4. The van der Waals surface area contributed by atoms with Gasteiger partial charge in [-0.3, -0.25) is 4.79 Å². The van der Waals surface area contributed by atoms with Gasteiger partial charge >= 0.3 is 0 Å². The van der Waals surface area contributed by atoms with E-state index in [1.165, 1.54) is 24.0 Å². The predicted molar refractivity (Wildman–Crippen MR) is 82.7 cm³/mol. The third-order valence-corrected chi connectivity index (χ3v) is 4.19. The second-order valence-corrected chi connectivity index (χ2v) is 6.04. The first kappa shape index (κ1) is 15.0. The van der Waals surface area contributed by atoms with E-state index in [0.29, 0.717) is 12.3 Å². The Hall–Kier alpha value is -1.35. The lowest BCUT2D eigenvalue weighted by molar-refractivity contribution is -0.121.